The van der Waals surface area contributed by atoms with Crippen LogP contribution in [0, 0.1) is 0 Å². The second-order valence-corrected chi connectivity index (χ2v) is 8.40. The highest BCUT2D eigenvalue weighted by Crippen LogP contribution is 2.11. The molecule has 294 valence electrons. The van der Waals surface area contributed by atoms with Gasteiger partial charge in [-0.25, -0.2) is 24.0 Å². The molecule has 22 nitrogen and oxygen atoms in total. The second kappa shape index (κ2) is 31.5. The summed E-state index contributed by atoms with van der Waals surface area (Å²) < 4.78 is 32.9. The average molecular weight is 755 g/mol. The highest BCUT2D eigenvalue weighted by molar-refractivity contribution is 5.94. The number of aliphatic hydroxyl groups is 6. The van der Waals surface area contributed by atoms with E-state index in [1.165, 1.54) is 38.3 Å². The van der Waals surface area contributed by atoms with Gasteiger partial charge in [-0.15, -0.1) is 0 Å². The van der Waals surface area contributed by atoms with E-state index < -0.39 is 29.8 Å². The van der Waals surface area contributed by atoms with Crippen molar-refractivity contribution in [3.05, 3.63) is 71.0 Å². The van der Waals surface area contributed by atoms with E-state index in [-0.39, 0.29) is 105 Å². The predicted octanol–water partition coefficient (Wildman–Crippen LogP) is -1.34. The number of ketones is 1. The third kappa shape index (κ3) is 23.0. The van der Waals surface area contributed by atoms with Crippen LogP contribution in [-0.4, -0.2) is 155 Å². The summed E-state index contributed by atoms with van der Waals surface area (Å²) in [5.74, 6) is -5.83. The Morgan fingerprint density at radius 1 is 0.481 bits per heavy atom. The summed E-state index contributed by atoms with van der Waals surface area (Å²) in [6.07, 6.45) is 0. The van der Waals surface area contributed by atoms with Crippen molar-refractivity contribution >= 4 is 35.6 Å². The first-order chi connectivity index (χ1) is 24.3. The van der Waals surface area contributed by atoms with Crippen molar-refractivity contribution in [3.63, 3.8) is 0 Å². The van der Waals surface area contributed by atoms with Crippen LogP contribution in [-0.2, 0) is 18.9 Å². The smallest absolute Gasteiger partial charge is 0.374 e. The minimum atomic E-state index is -1.28. The van der Waals surface area contributed by atoms with Gasteiger partial charge in [0.2, 0.25) is 28.8 Å². The number of hydrogen-bond acceptors (Lipinski definition) is 19. The fraction of sp³-hybridized carbons (Fsp3) is 0.400. The Kier molecular flexibility index (Phi) is 30.9. The van der Waals surface area contributed by atoms with Gasteiger partial charge in [-0.05, 0) is 36.4 Å². The molecule has 0 atom stereocenters. The monoisotopic (exact) mass is 754 g/mol. The summed E-state index contributed by atoms with van der Waals surface area (Å²) in [4.78, 5) is 64.9. The molecule has 0 aromatic carbocycles. The standard InChI is InChI=1S/C10H12O7.C10H12O5.C6H4O5.2C2H6O2.H2O/c11-3-5-15-9(13)7-1-2-8(17-7)10(14)16-6-4-12;1-7(11)8-3-4-9(15-8)10(12)14-6-5-13-2;7-5(8)3-1-2-4(11-3)6(9)10;2*3-1-2-4;/h1-2,11-12H,3-6H2;3-4H,5-6H2,1-2H3;1-2H,(H,7,8)(H,9,10);2*3-4H,1-2H2;1H2. The Morgan fingerprint density at radius 2 is 0.769 bits per heavy atom. The van der Waals surface area contributed by atoms with Gasteiger partial charge in [0, 0.05) is 14.0 Å². The first kappa shape index (κ1) is 50.9. The number of carbonyl (C=O) groups is 6. The quantitative estimate of drug-likeness (QED) is 0.0385. The van der Waals surface area contributed by atoms with Gasteiger partial charge in [-0.1, -0.05) is 0 Å². The van der Waals surface area contributed by atoms with Crippen LogP contribution in [0.1, 0.15) is 70.3 Å². The minimum Gasteiger partial charge on any atom is -0.475 e. The van der Waals surface area contributed by atoms with Crippen LogP contribution in [0.15, 0.2) is 49.6 Å². The number of esters is 3. The molecule has 3 aromatic rings. The summed E-state index contributed by atoms with van der Waals surface area (Å²) in [6.45, 7) is 0.458. The number of methoxy groups -OCH3 is 1. The maximum absolute atomic E-state index is 11.3. The number of carboxylic acid groups (broad SMARTS) is 2. The molecule has 52 heavy (non-hydrogen) atoms. The number of ether oxygens (including phenoxy) is 4. The summed E-state index contributed by atoms with van der Waals surface area (Å²) in [5, 5.41) is 64.0. The van der Waals surface area contributed by atoms with Crippen molar-refractivity contribution in [2.45, 2.75) is 6.92 Å². The van der Waals surface area contributed by atoms with Crippen LogP contribution in [0.2, 0.25) is 0 Å². The molecule has 22 heteroatoms. The van der Waals surface area contributed by atoms with Gasteiger partial charge in [0.15, 0.2) is 11.5 Å². The summed E-state index contributed by atoms with van der Waals surface area (Å²) in [5.41, 5.74) is 0. The van der Waals surface area contributed by atoms with Crippen LogP contribution < -0.4 is 0 Å². The average Bonchev–Trinajstić information content (AvgIpc) is 3.92. The number of aliphatic hydroxyl groups excluding tert-OH is 6. The largest absolute Gasteiger partial charge is 0.475 e. The van der Waals surface area contributed by atoms with Crippen molar-refractivity contribution in [2.75, 3.05) is 73.2 Å². The van der Waals surface area contributed by atoms with Crippen LogP contribution >= 0.6 is 0 Å². The van der Waals surface area contributed by atoms with Crippen LogP contribution in [0.3, 0.4) is 0 Å². The lowest BCUT2D eigenvalue weighted by molar-refractivity contribution is 0.0348. The molecule has 0 amide bonds. The molecule has 0 bridgehead atoms. The molecule has 3 rings (SSSR count). The fourth-order valence-corrected chi connectivity index (χ4v) is 2.47. The summed E-state index contributed by atoms with van der Waals surface area (Å²) in [7, 11) is 1.51. The summed E-state index contributed by atoms with van der Waals surface area (Å²) >= 11 is 0. The van der Waals surface area contributed by atoms with Crippen LogP contribution in [0.4, 0.5) is 0 Å². The number of hydrogen-bond donors (Lipinski definition) is 8. The first-order valence-electron chi connectivity index (χ1n) is 14.2. The molecule has 0 aliphatic carbocycles. The fourth-order valence-electron chi connectivity index (χ4n) is 2.47. The SMILES string of the molecule is COCCOC(=O)c1ccc(C(C)=O)o1.O.O=C(O)c1ccc(C(=O)O)o1.O=C(OCCO)c1ccc(C(=O)OCCO)o1.OCCO.OCCO. The maximum atomic E-state index is 11.3. The highest BCUT2D eigenvalue weighted by atomic mass is 16.6. The van der Waals surface area contributed by atoms with E-state index in [9.17, 15) is 28.8 Å². The molecule has 0 fully saturated rings. The van der Waals surface area contributed by atoms with Crippen LogP contribution in [0.25, 0.3) is 0 Å². The van der Waals surface area contributed by atoms with Gasteiger partial charge in [-0.3, -0.25) is 4.79 Å². The first-order valence-corrected chi connectivity index (χ1v) is 14.2. The van der Waals surface area contributed by atoms with Gasteiger partial charge in [-0.2, -0.15) is 0 Å². The van der Waals surface area contributed by atoms with E-state index in [0.717, 1.165) is 12.1 Å². The lowest BCUT2D eigenvalue weighted by Crippen LogP contribution is -2.09. The van der Waals surface area contributed by atoms with Crippen LogP contribution in [0.5, 0.6) is 0 Å². The highest BCUT2D eigenvalue weighted by Gasteiger charge is 2.18. The second-order valence-electron chi connectivity index (χ2n) is 8.40. The maximum Gasteiger partial charge on any atom is 0.374 e. The molecule has 3 heterocycles. The number of carboxylic acids is 2. The zero-order valence-electron chi connectivity index (χ0n) is 27.9. The lowest BCUT2D eigenvalue weighted by Gasteiger charge is -2.00. The Hall–Kier alpha value is -5.46. The van der Waals surface area contributed by atoms with E-state index >= 15 is 0 Å². The van der Waals surface area contributed by atoms with E-state index in [2.05, 4.69) is 13.9 Å². The van der Waals surface area contributed by atoms with Crippen molar-refractivity contribution in [3.8, 4) is 0 Å². The third-order valence-electron chi connectivity index (χ3n) is 4.56. The molecule has 0 radical (unpaired) electrons. The van der Waals surface area contributed by atoms with Gasteiger partial charge >= 0.3 is 29.8 Å². The number of Topliss-reactive ketones (excluding diaryl/α,β-unsaturated/α-hetero) is 1. The number of furan rings is 3. The molecule has 3 aromatic heterocycles. The Balaban J connectivity index is -0.000000629. The molecular weight excluding hydrogens is 712 g/mol. The zero-order chi connectivity index (χ0) is 39.2. The molecule has 0 aliphatic rings. The van der Waals surface area contributed by atoms with Crippen molar-refractivity contribution in [1.82, 2.24) is 0 Å². The molecule has 0 saturated heterocycles. The third-order valence-corrected chi connectivity index (χ3v) is 4.56. The molecule has 0 aliphatic heterocycles. The van der Waals surface area contributed by atoms with Gasteiger partial charge in [0.05, 0.1) is 46.2 Å². The Morgan fingerprint density at radius 3 is 1.02 bits per heavy atom. The molecule has 0 saturated carbocycles. The van der Waals surface area contributed by atoms with E-state index in [0.29, 0.717) is 6.61 Å². The predicted molar refractivity (Wildman–Crippen MR) is 169 cm³/mol. The molecule has 0 spiro atoms. The minimum absolute atomic E-state index is 0. The van der Waals surface area contributed by atoms with Gasteiger partial charge < -0.3 is 78.5 Å². The normalized spacial score (nSPS) is 9.31. The molecule has 10 N–H and O–H groups in total. The topological polar surface area (TPSA) is 372 Å². The van der Waals surface area contributed by atoms with Crippen molar-refractivity contribution in [2.24, 2.45) is 0 Å². The number of rotatable bonds is 15. The Bertz CT molecular complexity index is 1360. The number of aromatic carboxylic acids is 2. The van der Waals surface area contributed by atoms with E-state index in [1.807, 2.05) is 0 Å². The molecular formula is C30H42O22. The zero-order valence-corrected chi connectivity index (χ0v) is 27.9. The van der Waals surface area contributed by atoms with Gasteiger partial charge in [0.25, 0.3) is 0 Å². The van der Waals surface area contributed by atoms with Crippen molar-refractivity contribution in [1.29, 1.82) is 0 Å². The van der Waals surface area contributed by atoms with Crippen molar-refractivity contribution < 1.29 is 107 Å². The lowest BCUT2D eigenvalue weighted by atomic mass is 10.3. The van der Waals surface area contributed by atoms with E-state index in [1.54, 1.807) is 0 Å². The molecule has 0 unspecified atom stereocenters. The Labute approximate surface area is 294 Å². The van der Waals surface area contributed by atoms with Gasteiger partial charge in [0.1, 0.15) is 19.8 Å². The number of carbonyl (C=O) groups excluding carboxylic acids is 4. The van der Waals surface area contributed by atoms with E-state index in [4.69, 9.17) is 59.2 Å². The summed E-state index contributed by atoms with van der Waals surface area (Å²) in [6, 6.07) is 7.54.